The van der Waals surface area contributed by atoms with Gasteiger partial charge in [-0.05, 0) is 50.3 Å². The number of nitrogens with one attached hydrogen (secondary N) is 4. The van der Waals surface area contributed by atoms with E-state index in [9.17, 15) is 24.3 Å². The Morgan fingerprint density at radius 1 is 1.03 bits per heavy atom. The number of hydrogen-bond donors (Lipinski definition) is 7. The number of nitrogens with two attached hydrogens (primary N) is 2. The second kappa shape index (κ2) is 14.5. The maximum absolute atomic E-state index is 13.9. The number of urea groups is 1. The molecule has 1 aromatic carbocycles. The average molecular weight is 544 g/mol. The van der Waals surface area contributed by atoms with Crippen molar-refractivity contribution in [3.63, 3.8) is 0 Å². The first-order valence-corrected chi connectivity index (χ1v) is 13.7. The van der Waals surface area contributed by atoms with Gasteiger partial charge in [-0.2, -0.15) is 0 Å². The smallest absolute Gasteiger partial charge is 0.326 e. The number of carbonyl (C=O) groups is 4. The number of primary amides is 1. The molecule has 4 amide bonds. The summed E-state index contributed by atoms with van der Waals surface area (Å²) in [5, 5.41) is 26.3. The number of rotatable bonds is 11. The van der Waals surface area contributed by atoms with Crippen molar-refractivity contribution in [2.75, 3.05) is 26.2 Å². The Morgan fingerprint density at radius 2 is 1.69 bits per heavy atom. The lowest BCUT2D eigenvalue weighted by atomic mass is 9.73. The predicted molar refractivity (Wildman–Crippen MR) is 146 cm³/mol. The molecule has 0 spiro atoms. The van der Waals surface area contributed by atoms with E-state index < -0.39 is 47.7 Å². The third-order valence-electron chi connectivity index (χ3n) is 7.63. The molecule has 214 valence electrons. The van der Waals surface area contributed by atoms with E-state index in [-0.39, 0.29) is 18.2 Å². The lowest BCUT2D eigenvalue weighted by Crippen LogP contribution is -2.62. The average Bonchev–Trinajstić information content (AvgIpc) is 3.20. The number of hydrogen-bond acceptors (Lipinski definition) is 6. The number of piperidine rings is 1. The Hall–Kier alpha value is -3.67. The Morgan fingerprint density at radius 3 is 2.23 bits per heavy atom. The topological polar surface area (TPSA) is 204 Å². The van der Waals surface area contributed by atoms with Crippen LogP contribution in [0.2, 0.25) is 0 Å². The van der Waals surface area contributed by atoms with Crippen LogP contribution >= 0.6 is 0 Å². The maximum atomic E-state index is 13.9. The molecule has 39 heavy (non-hydrogen) atoms. The quantitative estimate of drug-likeness (QED) is 0.154. The minimum absolute atomic E-state index is 0.0252. The highest BCUT2D eigenvalue weighted by atomic mass is 16.4. The summed E-state index contributed by atoms with van der Waals surface area (Å²) >= 11 is 0. The third-order valence-corrected chi connectivity index (χ3v) is 7.63. The van der Waals surface area contributed by atoms with Crippen molar-refractivity contribution in [2.45, 2.75) is 57.0 Å². The molecule has 0 bridgehead atoms. The Balaban J connectivity index is 1.90. The maximum Gasteiger partial charge on any atom is 0.326 e. The molecule has 2 heterocycles. The van der Waals surface area contributed by atoms with Crippen LogP contribution in [0.1, 0.15) is 44.1 Å². The summed E-state index contributed by atoms with van der Waals surface area (Å²) in [4.78, 5) is 53.6. The van der Waals surface area contributed by atoms with Gasteiger partial charge in [0.05, 0.1) is 11.8 Å². The van der Waals surface area contributed by atoms with Gasteiger partial charge in [0.2, 0.25) is 11.8 Å². The van der Waals surface area contributed by atoms with Crippen LogP contribution in [0, 0.1) is 23.2 Å². The number of likely N-dealkylation sites (tertiary alicyclic amines) is 1. The molecule has 5 atom stereocenters. The molecule has 0 radical (unpaired) electrons. The second-order valence-electron chi connectivity index (χ2n) is 10.4. The van der Waals surface area contributed by atoms with E-state index in [1.165, 1.54) is 0 Å². The van der Waals surface area contributed by atoms with Crippen molar-refractivity contribution >= 4 is 29.7 Å². The van der Waals surface area contributed by atoms with Crippen LogP contribution in [-0.2, 0) is 20.8 Å². The molecule has 2 unspecified atom stereocenters. The fraction of sp³-hybridized carbons (Fsp3) is 0.593. The molecule has 2 saturated heterocycles. The third kappa shape index (κ3) is 8.41. The van der Waals surface area contributed by atoms with Gasteiger partial charge in [0.1, 0.15) is 12.1 Å². The number of carboxylic acid groups (broad SMARTS) is 1. The molecule has 12 heteroatoms. The summed E-state index contributed by atoms with van der Waals surface area (Å²) in [6.45, 7) is 2.21. The standard InChI is InChI=1S/C27H41N7O5/c28-23(29)20(18-11-8-12-31-16-18)21(24(30)35)22(25(36)34-13-6-1-2-7-14-34)33-27(39)32-19(26(37)38)15-17-9-4-3-5-10-17/h3-5,9-10,18-22,31H,1-2,6-8,11-16H2,(H3,28,29)(H2,30,35)(H,37,38)(H2,32,33,39)/t18?,19-,20?,21-,22-/m0/s1. The fourth-order valence-corrected chi connectivity index (χ4v) is 5.66. The number of benzene rings is 1. The van der Waals surface area contributed by atoms with E-state index in [0.29, 0.717) is 31.6 Å². The van der Waals surface area contributed by atoms with Gasteiger partial charge < -0.3 is 37.4 Å². The van der Waals surface area contributed by atoms with Gasteiger partial charge in [-0.1, -0.05) is 43.2 Å². The van der Waals surface area contributed by atoms with Gasteiger partial charge in [-0.25, -0.2) is 9.59 Å². The monoisotopic (exact) mass is 543 g/mol. The highest BCUT2D eigenvalue weighted by Crippen LogP contribution is 2.30. The highest BCUT2D eigenvalue weighted by molar-refractivity contribution is 5.96. The van der Waals surface area contributed by atoms with Crippen LogP contribution < -0.4 is 27.4 Å². The number of aliphatic carboxylic acids is 1. The Bertz CT molecular complexity index is 1010. The van der Waals surface area contributed by atoms with Crippen molar-refractivity contribution in [3.05, 3.63) is 35.9 Å². The molecule has 0 aromatic heterocycles. The first-order valence-electron chi connectivity index (χ1n) is 13.7. The van der Waals surface area contributed by atoms with E-state index >= 15 is 0 Å². The van der Waals surface area contributed by atoms with Crippen LogP contribution in [0.3, 0.4) is 0 Å². The van der Waals surface area contributed by atoms with Crippen molar-refractivity contribution in [1.29, 1.82) is 5.41 Å². The number of amides is 4. The lowest BCUT2D eigenvalue weighted by molar-refractivity contribution is -0.139. The Kier molecular flexibility index (Phi) is 11.1. The molecule has 1 aromatic rings. The number of nitrogens with zero attached hydrogens (tertiary/aromatic N) is 1. The first-order chi connectivity index (χ1) is 18.7. The van der Waals surface area contributed by atoms with Crippen molar-refractivity contribution in [1.82, 2.24) is 20.9 Å². The molecular weight excluding hydrogens is 502 g/mol. The lowest BCUT2D eigenvalue weighted by Gasteiger charge is -2.38. The molecule has 0 aliphatic carbocycles. The second-order valence-corrected chi connectivity index (χ2v) is 10.4. The van der Waals surface area contributed by atoms with Crippen molar-refractivity contribution in [3.8, 4) is 0 Å². The summed E-state index contributed by atoms with van der Waals surface area (Å²) in [6.07, 6.45) is 5.00. The van der Waals surface area contributed by atoms with Crippen molar-refractivity contribution in [2.24, 2.45) is 29.2 Å². The van der Waals surface area contributed by atoms with Crippen LogP contribution in [0.4, 0.5) is 4.79 Å². The number of amidine groups is 1. The van der Waals surface area contributed by atoms with E-state index in [4.69, 9.17) is 16.9 Å². The normalized spacial score (nSPS) is 20.9. The summed E-state index contributed by atoms with van der Waals surface area (Å²) in [5.41, 5.74) is 12.6. The molecule has 9 N–H and O–H groups in total. The minimum atomic E-state index is -1.41. The van der Waals surface area contributed by atoms with Gasteiger partial charge >= 0.3 is 12.0 Å². The SMILES string of the molecule is N=C(N)C(C1CCCNC1)[C@H](C(N)=O)[C@H](NC(=O)N[C@@H](Cc1ccccc1)C(=O)O)C(=O)N1CCCCCC1. The van der Waals surface area contributed by atoms with Gasteiger partial charge in [0, 0.05) is 25.4 Å². The summed E-state index contributed by atoms with van der Waals surface area (Å²) in [7, 11) is 0. The minimum Gasteiger partial charge on any atom is -0.480 e. The van der Waals surface area contributed by atoms with Gasteiger partial charge in [-0.15, -0.1) is 0 Å². The van der Waals surface area contributed by atoms with E-state index in [1.54, 1.807) is 35.2 Å². The highest BCUT2D eigenvalue weighted by Gasteiger charge is 2.45. The van der Waals surface area contributed by atoms with E-state index in [0.717, 1.165) is 38.6 Å². The fourth-order valence-electron chi connectivity index (χ4n) is 5.66. The molecule has 0 saturated carbocycles. The molecule has 2 aliphatic heterocycles. The van der Waals surface area contributed by atoms with Crippen molar-refractivity contribution < 1.29 is 24.3 Å². The zero-order chi connectivity index (χ0) is 28.4. The molecule has 2 aliphatic rings. The van der Waals surface area contributed by atoms with Gasteiger partial charge in [0.25, 0.3) is 0 Å². The van der Waals surface area contributed by atoms with Gasteiger partial charge in [0.15, 0.2) is 0 Å². The molecule has 2 fully saturated rings. The van der Waals surface area contributed by atoms with Crippen LogP contribution in [-0.4, -0.2) is 77.9 Å². The van der Waals surface area contributed by atoms with Crippen LogP contribution in [0.5, 0.6) is 0 Å². The summed E-state index contributed by atoms with van der Waals surface area (Å²) < 4.78 is 0. The summed E-state index contributed by atoms with van der Waals surface area (Å²) in [5.74, 6) is -5.26. The van der Waals surface area contributed by atoms with Gasteiger partial charge in [-0.3, -0.25) is 15.0 Å². The van der Waals surface area contributed by atoms with Crippen LogP contribution in [0.25, 0.3) is 0 Å². The van der Waals surface area contributed by atoms with Crippen LogP contribution in [0.15, 0.2) is 30.3 Å². The summed E-state index contributed by atoms with van der Waals surface area (Å²) in [6, 6.07) is 5.23. The zero-order valence-corrected chi connectivity index (χ0v) is 22.2. The zero-order valence-electron chi connectivity index (χ0n) is 22.2. The predicted octanol–water partition coefficient (Wildman–Crippen LogP) is 0.406. The van der Waals surface area contributed by atoms with E-state index in [1.807, 2.05) is 0 Å². The first kappa shape index (κ1) is 29.9. The largest absolute Gasteiger partial charge is 0.480 e. The molecular formula is C27H41N7O5. The van der Waals surface area contributed by atoms with E-state index in [2.05, 4.69) is 16.0 Å². The molecule has 12 nitrogen and oxygen atoms in total. The number of carboxylic acids is 1. The number of carbonyl (C=O) groups excluding carboxylic acids is 3. The Labute approximate surface area is 228 Å². The molecule has 3 rings (SSSR count).